The molecule has 0 unspecified atom stereocenters. The van der Waals surface area contributed by atoms with Crippen LogP contribution in [0.25, 0.3) is 11.3 Å². The van der Waals surface area contributed by atoms with Gasteiger partial charge in [-0.25, -0.2) is 13.5 Å². The number of rotatable bonds is 8. The fourth-order valence-electron chi connectivity index (χ4n) is 6.27. The molecule has 254 valence electrons. The third-order valence-corrected chi connectivity index (χ3v) is 8.43. The molecule has 0 radical (unpaired) electrons. The summed E-state index contributed by atoms with van der Waals surface area (Å²) in [5, 5.41) is 40.1. The lowest BCUT2D eigenvalue weighted by atomic mass is 9.88. The number of aliphatic hydroxyl groups excluding tert-OH is 3. The third-order valence-electron chi connectivity index (χ3n) is 8.43. The highest BCUT2D eigenvalue weighted by atomic mass is 19.4. The van der Waals surface area contributed by atoms with Gasteiger partial charge in [0.25, 0.3) is 5.91 Å². The van der Waals surface area contributed by atoms with Crippen molar-refractivity contribution in [1.82, 2.24) is 19.9 Å². The number of ether oxygens (including phenoxy) is 2. The second-order valence-electron chi connectivity index (χ2n) is 11.6. The normalized spacial score (nSPS) is 26.5. The molecule has 1 aromatic heterocycles. The lowest BCUT2D eigenvalue weighted by molar-refractivity contribution is -0.223. The fraction of sp³-hybridized carbons (Fsp3) is 0.484. The van der Waals surface area contributed by atoms with Gasteiger partial charge in [0.15, 0.2) is 12.2 Å². The molecule has 2 aromatic carbocycles. The maximum Gasteiger partial charge on any atom is 0.416 e. The molecular formula is C31H33F5N4O7. The van der Waals surface area contributed by atoms with Gasteiger partial charge < -0.3 is 29.7 Å². The number of aromatic nitrogens is 3. The summed E-state index contributed by atoms with van der Waals surface area (Å²) in [5.74, 6) is -3.69. The first-order valence-electron chi connectivity index (χ1n) is 14.9. The van der Waals surface area contributed by atoms with Crippen LogP contribution in [0, 0.1) is 11.6 Å². The zero-order chi connectivity index (χ0) is 34.0. The monoisotopic (exact) mass is 668 g/mol. The Labute approximate surface area is 265 Å². The van der Waals surface area contributed by atoms with Crippen LogP contribution in [0.3, 0.4) is 0 Å². The second-order valence-corrected chi connectivity index (χ2v) is 11.6. The number of amides is 1. The van der Waals surface area contributed by atoms with E-state index in [1.165, 1.54) is 24.4 Å². The van der Waals surface area contributed by atoms with Crippen molar-refractivity contribution in [3.05, 3.63) is 71.4 Å². The van der Waals surface area contributed by atoms with E-state index < -0.39 is 91.0 Å². The van der Waals surface area contributed by atoms with Crippen molar-refractivity contribution in [2.45, 2.75) is 87.9 Å². The van der Waals surface area contributed by atoms with Gasteiger partial charge in [0.05, 0.1) is 30.5 Å². The minimum Gasteiger partial charge on any atom is -0.457 e. The van der Waals surface area contributed by atoms with Gasteiger partial charge in [-0.2, -0.15) is 13.2 Å². The number of carbonyl (C=O) groups is 2. The van der Waals surface area contributed by atoms with Crippen LogP contribution in [-0.4, -0.2) is 90.3 Å². The number of benzene rings is 2. The van der Waals surface area contributed by atoms with E-state index >= 15 is 0 Å². The minimum atomic E-state index is -4.76. The highest BCUT2D eigenvalue weighted by Gasteiger charge is 2.53. The van der Waals surface area contributed by atoms with Crippen LogP contribution < -0.4 is 0 Å². The molecule has 0 spiro atoms. The Kier molecular flexibility index (Phi) is 10.2. The van der Waals surface area contributed by atoms with Gasteiger partial charge in [-0.05, 0) is 36.6 Å². The number of hydrogen-bond acceptors (Lipinski definition) is 9. The summed E-state index contributed by atoms with van der Waals surface area (Å²) in [7, 11) is 0. The summed E-state index contributed by atoms with van der Waals surface area (Å²) < 4.78 is 82.1. The van der Waals surface area contributed by atoms with Gasteiger partial charge in [-0.3, -0.25) is 9.59 Å². The first-order valence-corrected chi connectivity index (χ1v) is 14.9. The van der Waals surface area contributed by atoms with Crippen molar-refractivity contribution in [2.75, 3.05) is 6.61 Å². The van der Waals surface area contributed by atoms with Crippen LogP contribution in [0.5, 0.6) is 0 Å². The lowest BCUT2D eigenvalue weighted by Crippen LogP contribution is -2.63. The van der Waals surface area contributed by atoms with Crippen molar-refractivity contribution < 1.29 is 56.3 Å². The summed E-state index contributed by atoms with van der Waals surface area (Å²) in [5.41, 5.74) is -1.33. The molecule has 1 aliphatic carbocycles. The molecule has 1 saturated carbocycles. The molecule has 5 rings (SSSR count). The number of aliphatic hydroxyl groups is 3. The Morgan fingerprint density at radius 2 is 1.77 bits per heavy atom. The fourth-order valence-corrected chi connectivity index (χ4v) is 6.27. The molecule has 2 heterocycles. The van der Waals surface area contributed by atoms with Crippen molar-refractivity contribution in [3.8, 4) is 11.3 Å². The average Bonchev–Trinajstić information content (AvgIpc) is 3.49. The van der Waals surface area contributed by atoms with E-state index in [4.69, 9.17) is 9.47 Å². The third kappa shape index (κ3) is 7.45. The van der Waals surface area contributed by atoms with Gasteiger partial charge in [-0.15, -0.1) is 5.10 Å². The van der Waals surface area contributed by atoms with Gasteiger partial charge in [0.2, 0.25) is 0 Å². The smallest absolute Gasteiger partial charge is 0.416 e. The highest BCUT2D eigenvalue weighted by Crippen LogP contribution is 2.37. The number of esters is 1. The Bertz CT molecular complexity index is 1570. The van der Waals surface area contributed by atoms with E-state index in [0.29, 0.717) is 18.9 Å². The number of carbonyl (C=O) groups excluding carboxylic acids is 2. The van der Waals surface area contributed by atoms with E-state index in [1.54, 1.807) is 0 Å². The molecule has 1 aliphatic heterocycles. The number of nitrogens with zero attached hydrogens (tertiary/aromatic N) is 4. The summed E-state index contributed by atoms with van der Waals surface area (Å²) in [6.45, 7) is -0.417. The highest BCUT2D eigenvalue weighted by molar-refractivity contribution is 5.83. The summed E-state index contributed by atoms with van der Waals surface area (Å²) >= 11 is 0. The molecule has 2 fully saturated rings. The first-order chi connectivity index (χ1) is 22.3. The van der Waals surface area contributed by atoms with E-state index in [-0.39, 0.29) is 29.7 Å². The number of alkyl halides is 3. The predicted octanol–water partition coefficient (Wildman–Crippen LogP) is 3.17. The van der Waals surface area contributed by atoms with Crippen molar-refractivity contribution in [2.24, 2.45) is 0 Å². The van der Waals surface area contributed by atoms with Crippen molar-refractivity contribution in [3.63, 3.8) is 0 Å². The maximum atomic E-state index is 14.5. The topological polar surface area (TPSA) is 147 Å². The second kappa shape index (κ2) is 14.0. The van der Waals surface area contributed by atoms with E-state index in [9.17, 15) is 46.9 Å². The Morgan fingerprint density at radius 1 is 1.09 bits per heavy atom. The number of halogens is 5. The van der Waals surface area contributed by atoms with Crippen LogP contribution in [0.1, 0.15) is 49.8 Å². The molecule has 11 nitrogen and oxygen atoms in total. The minimum absolute atomic E-state index is 0.0218. The average molecular weight is 669 g/mol. The van der Waals surface area contributed by atoms with E-state index in [1.807, 2.05) is 0 Å². The zero-order valence-electron chi connectivity index (χ0n) is 25.1. The summed E-state index contributed by atoms with van der Waals surface area (Å²) in [4.78, 5) is 27.9. The van der Waals surface area contributed by atoms with Crippen LogP contribution >= 0.6 is 0 Å². The van der Waals surface area contributed by atoms with Crippen LogP contribution in [0.4, 0.5) is 22.0 Å². The van der Waals surface area contributed by atoms with Crippen LogP contribution in [0.2, 0.25) is 0 Å². The van der Waals surface area contributed by atoms with Crippen molar-refractivity contribution >= 4 is 11.9 Å². The Morgan fingerprint density at radius 3 is 2.40 bits per heavy atom. The quantitative estimate of drug-likeness (QED) is 0.243. The molecule has 7 atom stereocenters. The molecular weight excluding hydrogens is 635 g/mol. The van der Waals surface area contributed by atoms with Gasteiger partial charge in [-0.1, -0.05) is 36.3 Å². The van der Waals surface area contributed by atoms with Crippen LogP contribution in [-0.2, 0) is 31.8 Å². The molecule has 1 saturated heterocycles. The van der Waals surface area contributed by atoms with E-state index in [2.05, 4.69) is 10.3 Å². The Hall–Kier alpha value is -3.99. The molecule has 16 heteroatoms. The largest absolute Gasteiger partial charge is 0.457 e. The zero-order valence-corrected chi connectivity index (χ0v) is 25.1. The van der Waals surface area contributed by atoms with Crippen molar-refractivity contribution in [1.29, 1.82) is 0 Å². The molecule has 1 amide bonds. The molecule has 47 heavy (non-hydrogen) atoms. The summed E-state index contributed by atoms with van der Waals surface area (Å²) in [6.07, 6.45) is -9.63. The van der Waals surface area contributed by atoms with Crippen LogP contribution in [0.15, 0.2) is 48.7 Å². The molecule has 2 aliphatic rings. The molecule has 3 aromatic rings. The SMILES string of the molecule is CC(=O)O[C@@H]1[C@@H](n2cc(-c3cc(F)cc(F)c3)nn2)[C@@H](O)[C@@H](CO)O[C@H]1C(=O)N(Cc1ccccc1C(F)(F)F)[C@H]1CCCC[C@@H]1O. The van der Waals surface area contributed by atoms with Gasteiger partial charge in [0.1, 0.15) is 35.6 Å². The first kappa shape index (κ1) is 34.3. The summed E-state index contributed by atoms with van der Waals surface area (Å²) in [6, 6.07) is 4.86. The lowest BCUT2D eigenvalue weighted by Gasteiger charge is -2.46. The van der Waals surface area contributed by atoms with Gasteiger partial charge >= 0.3 is 12.1 Å². The molecule has 3 N–H and O–H groups in total. The standard InChI is InChI=1S/C31H33F5N4O7/c1-16(42)46-28-26(40-14-22(37-38-40)18-10-19(32)12-20(33)11-18)27(44)25(15-41)47-29(28)30(45)39(23-8-4-5-9-24(23)43)13-17-6-2-3-7-21(17)31(34,35)36/h2-3,6-7,10-12,14,23-29,41,43-44H,4-5,8-9,13,15H2,1H3/t23-,24-,25+,26-,27-,28+,29+/m0/s1. The maximum absolute atomic E-state index is 14.5. The predicted molar refractivity (Wildman–Crippen MR) is 152 cm³/mol. The molecule has 0 bridgehead atoms. The number of hydrogen-bond donors (Lipinski definition) is 3. The Balaban J connectivity index is 1.57. The van der Waals surface area contributed by atoms with Gasteiger partial charge in [0, 0.05) is 25.1 Å². The van der Waals surface area contributed by atoms with E-state index in [0.717, 1.165) is 34.7 Å².